The minimum atomic E-state index is -0.701. The molecule has 0 aromatic heterocycles. The van der Waals surface area contributed by atoms with E-state index in [4.69, 9.17) is 9.47 Å². The molecule has 3 aromatic carbocycles. The number of ether oxygens (including phenoxy) is 2. The first-order chi connectivity index (χ1) is 19.8. The van der Waals surface area contributed by atoms with Crippen LogP contribution in [0.4, 0.5) is 0 Å². The Balaban J connectivity index is 1.62. The van der Waals surface area contributed by atoms with Crippen molar-refractivity contribution in [2.24, 2.45) is 0 Å². The Morgan fingerprint density at radius 1 is 0.951 bits per heavy atom. The molecule has 0 radical (unpaired) electrons. The van der Waals surface area contributed by atoms with Crippen LogP contribution in [-0.4, -0.2) is 42.5 Å². The smallest absolute Gasteiger partial charge is 0.261 e. The molecule has 4 rings (SSSR count). The number of methoxy groups -OCH3 is 1. The summed E-state index contributed by atoms with van der Waals surface area (Å²) in [6.45, 7) is 4.33. The van der Waals surface area contributed by atoms with Gasteiger partial charge in [0, 0.05) is 19.0 Å². The van der Waals surface area contributed by atoms with E-state index in [1.807, 2.05) is 72.8 Å². The van der Waals surface area contributed by atoms with E-state index < -0.39 is 6.04 Å². The van der Waals surface area contributed by atoms with Gasteiger partial charge in [0.15, 0.2) is 6.61 Å². The molecule has 41 heavy (non-hydrogen) atoms. The molecule has 1 saturated carbocycles. The Bertz CT molecular complexity index is 1290. The van der Waals surface area contributed by atoms with Crippen LogP contribution in [0.5, 0.6) is 11.5 Å². The highest BCUT2D eigenvalue weighted by Gasteiger charge is 2.32. The van der Waals surface area contributed by atoms with Crippen molar-refractivity contribution in [1.82, 2.24) is 10.2 Å². The van der Waals surface area contributed by atoms with Gasteiger partial charge in [0.05, 0.1) is 11.6 Å². The molecular weight excluding hydrogens is 580 g/mol. The second-order valence-corrected chi connectivity index (χ2v) is 11.9. The summed E-state index contributed by atoms with van der Waals surface area (Å²) < 4.78 is 12.3. The van der Waals surface area contributed by atoms with Gasteiger partial charge in [-0.1, -0.05) is 81.6 Å². The van der Waals surface area contributed by atoms with Crippen LogP contribution in [0.3, 0.4) is 0 Å². The van der Waals surface area contributed by atoms with Gasteiger partial charge in [-0.15, -0.1) is 0 Å². The van der Waals surface area contributed by atoms with Crippen LogP contribution in [-0.2, 0) is 22.6 Å². The largest absolute Gasteiger partial charge is 0.497 e. The average molecular weight is 622 g/mol. The van der Waals surface area contributed by atoms with Crippen LogP contribution in [0.25, 0.3) is 0 Å². The molecular formula is C34H41BrN2O4. The zero-order valence-electron chi connectivity index (χ0n) is 24.3. The molecule has 1 aliphatic rings. The summed E-state index contributed by atoms with van der Waals surface area (Å²) in [5, 5.41) is 3.28. The van der Waals surface area contributed by atoms with Crippen molar-refractivity contribution in [2.45, 2.75) is 76.9 Å². The lowest BCUT2D eigenvalue weighted by Gasteiger charge is -2.33. The van der Waals surface area contributed by atoms with Gasteiger partial charge in [-0.05, 0) is 75.6 Å². The lowest BCUT2D eigenvalue weighted by molar-refractivity contribution is -0.143. The van der Waals surface area contributed by atoms with E-state index >= 15 is 0 Å². The fourth-order valence-corrected chi connectivity index (χ4v) is 5.79. The minimum Gasteiger partial charge on any atom is -0.497 e. The van der Waals surface area contributed by atoms with Crippen LogP contribution in [0.15, 0.2) is 77.3 Å². The fraction of sp³-hybridized carbons (Fsp3) is 0.412. The van der Waals surface area contributed by atoms with Crippen molar-refractivity contribution in [1.29, 1.82) is 0 Å². The zero-order valence-corrected chi connectivity index (χ0v) is 25.9. The third-order valence-electron chi connectivity index (χ3n) is 7.68. The molecule has 3 aromatic rings. The van der Waals surface area contributed by atoms with Crippen molar-refractivity contribution in [3.05, 3.63) is 94.0 Å². The molecule has 0 saturated heterocycles. The number of benzene rings is 3. The summed E-state index contributed by atoms with van der Waals surface area (Å²) in [4.78, 5) is 29.6. The van der Waals surface area contributed by atoms with E-state index in [0.29, 0.717) is 23.8 Å². The Labute approximate surface area is 252 Å². The summed E-state index contributed by atoms with van der Waals surface area (Å²) in [7, 11) is 1.62. The molecule has 1 N–H and O–H groups in total. The lowest BCUT2D eigenvalue weighted by Crippen LogP contribution is -2.53. The Kier molecular flexibility index (Phi) is 11.3. The predicted molar refractivity (Wildman–Crippen MR) is 166 cm³/mol. The summed E-state index contributed by atoms with van der Waals surface area (Å²) in [5.74, 6) is 1.29. The van der Waals surface area contributed by atoms with E-state index in [2.05, 4.69) is 35.1 Å². The molecule has 2 amide bonds. The number of hydrogen-bond acceptors (Lipinski definition) is 4. The number of halogens is 1. The van der Waals surface area contributed by atoms with Gasteiger partial charge < -0.3 is 19.7 Å². The number of nitrogens with zero attached hydrogens (tertiary/aromatic N) is 1. The second kappa shape index (κ2) is 15.1. The second-order valence-electron chi connectivity index (χ2n) is 11.1. The zero-order chi connectivity index (χ0) is 29.2. The minimum absolute atomic E-state index is 0.125. The first-order valence-corrected chi connectivity index (χ1v) is 15.3. The maximum atomic E-state index is 14.0. The highest BCUT2D eigenvalue weighted by molar-refractivity contribution is 9.10. The summed E-state index contributed by atoms with van der Waals surface area (Å²) in [6, 6.07) is 22.8. The van der Waals surface area contributed by atoms with Crippen LogP contribution in [0.1, 0.15) is 68.6 Å². The molecule has 0 heterocycles. The first kappa shape index (κ1) is 30.6. The first-order valence-electron chi connectivity index (χ1n) is 14.5. The van der Waals surface area contributed by atoms with Crippen molar-refractivity contribution in [3.63, 3.8) is 0 Å². The molecule has 0 spiro atoms. The number of carbonyl (C=O) groups excluding carboxylic acids is 2. The maximum Gasteiger partial charge on any atom is 0.261 e. The Hall–Kier alpha value is -3.32. The van der Waals surface area contributed by atoms with Crippen molar-refractivity contribution in [3.8, 4) is 11.5 Å². The normalized spacial score (nSPS) is 14.4. The van der Waals surface area contributed by atoms with Crippen LogP contribution >= 0.6 is 15.9 Å². The number of hydrogen-bond donors (Lipinski definition) is 1. The monoisotopic (exact) mass is 620 g/mol. The average Bonchev–Trinajstić information content (AvgIpc) is 2.99. The van der Waals surface area contributed by atoms with Gasteiger partial charge in [0.1, 0.15) is 17.5 Å². The third-order valence-corrected chi connectivity index (χ3v) is 8.30. The number of amides is 2. The van der Waals surface area contributed by atoms with Crippen molar-refractivity contribution < 1.29 is 19.1 Å². The van der Waals surface area contributed by atoms with E-state index in [1.165, 1.54) is 12.0 Å². The van der Waals surface area contributed by atoms with Gasteiger partial charge >= 0.3 is 0 Å². The molecule has 0 bridgehead atoms. The highest BCUT2D eigenvalue weighted by atomic mass is 79.9. The van der Waals surface area contributed by atoms with E-state index in [0.717, 1.165) is 41.3 Å². The quantitative estimate of drug-likeness (QED) is 0.236. The SMILES string of the molecule is COc1cccc(CN(C(=O)COc2ccc(C(C)C)cc2Br)[C@H](Cc2ccccc2)C(=O)NC2CCCCC2)c1. The van der Waals surface area contributed by atoms with Crippen molar-refractivity contribution >= 4 is 27.7 Å². The molecule has 6 nitrogen and oxygen atoms in total. The van der Waals surface area contributed by atoms with Crippen LogP contribution in [0.2, 0.25) is 0 Å². The highest BCUT2D eigenvalue weighted by Crippen LogP contribution is 2.29. The van der Waals surface area contributed by atoms with E-state index in [9.17, 15) is 9.59 Å². The van der Waals surface area contributed by atoms with Gasteiger partial charge in [-0.25, -0.2) is 0 Å². The number of nitrogens with one attached hydrogen (secondary N) is 1. The number of rotatable bonds is 12. The summed E-state index contributed by atoms with van der Waals surface area (Å²) in [6.07, 6.45) is 5.76. The standard InChI is InChI=1S/C34H41BrN2O4/c1-24(2)27-17-18-32(30(35)21-27)41-23-33(38)37(22-26-13-10-16-29(19-26)40-3)31(20-25-11-6-4-7-12-25)34(39)36-28-14-8-5-9-15-28/h4,6-7,10-13,16-19,21,24,28,31H,5,8-9,14-15,20,22-23H2,1-3H3,(H,36,39)/t31-/m1/s1. The van der Waals surface area contributed by atoms with Crippen LogP contribution < -0.4 is 14.8 Å². The topological polar surface area (TPSA) is 67.9 Å². The maximum absolute atomic E-state index is 14.0. The van der Waals surface area contributed by atoms with Gasteiger partial charge in [0.25, 0.3) is 5.91 Å². The molecule has 218 valence electrons. The molecule has 1 fully saturated rings. The van der Waals surface area contributed by atoms with E-state index in [-0.39, 0.29) is 31.0 Å². The fourth-order valence-electron chi connectivity index (χ4n) is 5.28. The van der Waals surface area contributed by atoms with Crippen molar-refractivity contribution in [2.75, 3.05) is 13.7 Å². The number of carbonyl (C=O) groups is 2. The lowest BCUT2D eigenvalue weighted by atomic mass is 9.94. The van der Waals surface area contributed by atoms with E-state index in [1.54, 1.807) is 12.0 Å². The molecule has 0 unspecified atom stereocenters. The van der Waals surface area contributed by atoms with Crippen LogP contribution in [0, 0.1) is 0 Å². The summed E-state index contributed by atoms with van der Waals surface area (Å²) >= 11 is 3.60. The van der Waals surface area contributed by atoms with Gasteiger partial charge in [-0.2, -0.15) is 0 Å². The Morgan fingerprint density at radius 2 is 1.68 bits per heavy atom. The molecule has 0 aliphatic heterocycles. The molecule has 1 aliphatic carbocycles. The van der Waals surface area contributed by atoms with Gasteiger partial charge in [0.2, 0.25) is 5.91 Å². The Morgan fingerprint density at radius 3 is 2.37 bits per heavy atom. The predicted octanol–water partition coefficient (Wildman–Crippen LogP) is 7.05. The summed E-state index contributed by atoms with van der Waals surface area (Å²) in [5.41, 5.74) is 3.05. The van der Waals surface area contributed by atoms with Gasteiger partial charge in [-0.3, -0.25) is 9.59 Å². The molecule has 7 heteroatoms. The third kappa shape index (κ3) is 8.83. The molecule has 1 atom stereocenters.